The largest absolute Gasteiger partial charge is 0.368 e. The van der Waals surface area contributed by atoms with Crippen molar-refractivity contribution in [2.24, 2.45) is 5.73 Å². The lowest BCUT2D eigenvalue weighted by atomic mass is 10.0. The molecule has 3 N–H and O–H groups in total. The highest BCUT2D eigenvalue weighted by atomic mass is 79.9. The summed E-state index contributed by atoms with van der Waals surface area (Å²) in [6.45, 7) is 0. The first-order valence-electron chi connectivity index (χ1n) is 6.66. The van der Waals surface area contributed by atoms with E-state index in [-0.39, 0.29) is 12.0 Å². The number of halogens is 3. The highest BCUT2D eigenvalue weighted by Gasteiger charge is 2.21. The summed E-state index contributed by atoms with van der Waals surface area (Å²) >= 11 is 3.30. The molecule has 23 heavy (non-hydrogen) atoms. The molecular weight excluding hydrogens is 370 g/mol. The predicted octanol–water partition coefficient (Wildman–Crippen LogP) is 2.55. The second kappa shape index (κ2) is 7.32. The summed E-state index contributed by atoms with van der Waals surface area (Å²) in [7, 11) is 0. The molecule has 2 rings (SSSR count). The van der Waals surface area contributed by atoms with Gasteiger partial charge in [0.05, 0.1) is 5.56 Å². The fourth-order valence-corrected chi connectivity index (χ4v) is 2.48. The van der Waals surface area contributed by atoms with Gasteiger partial charge in [-0.2, -0.15) is 0 Å². The first-order chi connectivity index (χ1) is 10.9. The Morgan fingerprint density at radius 3 is 2.52 bits per heavy atom. The molecule has 0 bridgehead atoms. The average molecular weight is 383 g/mol. The topological polar surface area (TPSA) is 72.2 Å². The Morgan fingerprint density at radius 1 is 1.17 bits per heavy atom. The SMILES string of the molecule is NC(=O)[C@H](Cc1cccc(Br)c1)NC(=O)c1ccc(F)cc1F. The van der Waals surface area contributed by atoms with Crippen LogP contribution >= 0.6 is 15.9 Å². The number of nitrogens with two attached hydrogens (primary N) is 1. The van der Waals surface area contributed by atoms with Crippen molar-refractivity contribution < 1.29 is 18.4 Å². The average Bonchev–Trinajstić information content (AvgIpc) is 2.46. The van der Waals surface area contributed by atoms with Gasteiger partial charge in [0.1, 0.15) is 17.7 Å². The van der Waals surface area contributed by atoms with E-state index < -0.39 is 29.5 Å². The van der Waals surface area contributed by atoms with E-state index >= 15 is 0 Å². The number of rotatable bonds is 5. The number of benzene rings is 2. The lowest BCUT2D eigenvalue weighted by molar-refractivity contribution is -0.119. The molecule has 4 nitrogen and oxygen atoms in total. The molecule has 0 aromatic heterocycles. The van der Waals surface area contributed by atoms with Crippen molar-refractivity contribution >= 4 is 27.7 Å². The zero-order chi connectivity index (χ0) is 17.0. The van der Waals surface area contributed by atoms with Gasteiger partial charge in [0.15, 0.2) is 0 Å². The maximum absolute atomic E-state index is 13.6. The smallest absolute Gasteiger partial charge is 0.254 e. The number of nitrogens with one attached hydrogen (secondary N) is 1. The van der Waals surface area contributed by atoms with Crippen LogP contribution in [0.3, 0.4) is 0 Å². The first-order valence-corrected chi connectivity index (χ1v) is 7.46. The maximum Gasteiger partial charge on any atom is 0.254 e. The van der Waals surface area contributed by atoms with Crippen LogP contribution in [0.15, 0.2) is 46.9 Å². The van der Waals surface area contributed by atoms with Gasteiger partial charge in [-0.1, -0.05) is 28.1 Å². The highest BCUT2D eigenvalue weighted by molar-refractivity contribution is 9.10. The van der Waals surface area contributed by atoms with Crippen molar-refractivity contribution in [2.45, 2.75) is 12.5 Å². The van der Waals surface area contributed by atoms with Gasteiger partial charge in [-0.25, -0.2) is 8.78 Å². The van der Waals surface area contributed by atoms with Crippen molar-refractivity contribution in [1.29, 1.82) is 0 Å². The van der Waals surface area contributed by atoms with Crippen molar-refractivity contribution in [3.05, 3.63) is 69.7 Å². The summed E-state index contributed by atoms with van der Waals surface area (Å²) in [6.07, 6.45) is 0.156. The summed E-state index contributed by atoms with van der Waals surface area (Å²) in [4.78, 5) is 23.6. The minimum atomic E-state index is -1.01. The second-order valence-corrected chi connectivity index (χ2v) is 5.80. The fraction of sp³-hybridized carbons (Fsp3) is 0.125. The summed E-state index contributed by atoms with van der Waals surface area (Å²) in [6, 6.07) is 8.70. The molecule has 2 amide bonds. The molecule has 120 valence electrons. The third kappa shape index (κ3) is 4.59. The standard InChI is InChI=1S/C16H13BrF2N2O2/c17-10-3-1-2-9(6-10)7-14(15(20)22)21-16(23)12-5-4-11(18)8-13(12)19/h1-6,8,14H,7H2,(H2,20,22)(H,21,23)/t14-/m0/s1. The first kappa shape index (κ1) is 17.1. The van der Waals surface area contributed by atoms with E-state index in [9.17, 15) is 18.4 Å². The second-order valence-electron chi connectivity index (χ2n) is 4.89. The molecule has 0 aliphatic heterocycles. The van der Waals surface area contributed by atoms with Gasteiger partial charge >= 0.3 is 0 Å². The van der Waals surface area contributed by atoms with Crippen molar-refractivity contribution in [3.63, 3.8) is 0 Å². The normalized spacial score (nSPS) is 11.8. The molecule has 0 saturated carbocycles. The Kier molecular flexibility index (Phi) is 5.44. The van der Waals surface area contributed by atoms with Crippen LogP contribution < -0.4 is 11.1 Å². The minimum Gasteiger partial charge on any atom is -0.368 e. The van der Waals surface area contributed by atoms with E-state index in [1.165, 1.54) is 0 Å². The summed E-state index contributed by atoms with van der Waals surface area (Å²) < 4.78 is 27.3. The lowest BCUT2D eigenvalue weighted by Gasteiger charge is -2.16. The summed E-state index contributed by atoms with van der Waals surface area (Å²) in [5.41, 5.74) is 5.70. The molecule has 2 aromatic rings. The van der Waals surface area contributed by atoms with Crippen LogP contribution in [-0.2, 0) is 11.2 Å². The molecule has 0 fully saturated rings. The van der Waals surface area contributed by atoms with E-state index in [4.69, 9.17) is 5.73 Å². The van der Waals surface area contributed by atoms with Crippen LogP contribution in [0.25, 0.3) is 0 Å². The van der Waals surface area contributed by atoms with Gasteiger partial charge in [0.25, 0.3) is 5.91 Å². The Balaban J connectivity index is 2.16. The molecule has 0 spiro atoms. The summed E-state index contributed by atoms with van der Waals surface area (Å²) in [5, 5.41) is 2.37. The Bertz CT molecular complexity index is 753. The van der Waals surface area contributed by atoms with Crippen molar-refractivity contribution in [1.82, 2.24) is 5.32 Å². The molecule has 0 heterocycles. The Labute approximate surface area is 139 Å². The predicted molar refractivity (Wildman–Crippen MR) is 84.7 cm³/mol. The zero-order valence-corrected chi connectivity index (χ0v) is 13.4. The quantitative estimate of drug-likeness (QED) is 0.833. The van der Waals surface area contributed by atoms with Crippen LogP contribution in [0.2, 0.25) is 0 Å². The fourth-order valence-electron chi connectivity index (χ4n) is 2.03. The zero-order valence-electron chi connectivity index (χ0n) is 11.9. The van der Waals surface area contributed by atoms with E-state index in [1.807, 2.05) is 6.07 Å². The Hall–Kier alpha value is -2.28. The van der Waals surface area contributed by atoms with Gasteiger partial charge in [0.2, 0.25) is 5.91 Å². The maximum atomic E-state index is 13.6. The lowest BCUT2D eigenvalue weighted by Crippen LogP contribution is -2.46. The molecule has 1 atom stereocenters. The van der Waals surface area contributed by atoms with E-state index in [1.54, 1.807) is 18.2 Å². The van der Waals surface area contributed by atoms with E-state index in [2.05, 4.69) is 21.2 Å². The van der Waals surface area contributed by atoms with Crippen LogP contribution in [-0.4, -0.2) is 17.9 Å². The van der Waals surface area contributed by atoms with Gasteiger partial charge in [0, 0.05) is 17.0 Å². The molecule has 0 unspecified atom stereocenters. The van der Waals surface area contributed by atoms with E-state index in [0.29, 0.717) is 6.07 Å². The number of carbonyl (C=O) groups excluding carboxylic acids is 2. The summed E-state index contributed by atoms with van der Waals surface area (Å²) in [5.74, 6) is -3.38. The number of hydrogen-bond acceptors (Lipinski definition) is 2. The number of carbonyl (C=O) groups is 2. The molecular formula is C16H13BrF2N2O2. The molecule has 0 radical (unpaired) electrons. The van der Waals surface area contributed by atoms with E-state index in [0.717, 1.165) is 22.2 Å². The third-order valence-corrected chi connectivity index (χ3v) is 3.65. The van der Waals surface area contributed by atoms with Crippen molar-refractivity contribution in [2.75, 3.05) is 0 Å². The molecule has 0 aliphatic rings. The van der Waals surface area contributed by atoms with Gasteiger partial charge in [-0.3, -0.25) is 9.59 Å². The van der Waals surface area contributed by atoms with Gasteiger partial charge < -0.3 is 11.1 Å². The third-order valence-electron chi connectivity index (χ3n) is 3.15. The molecule has 2 aromatic carbocycles. The minimum absolute atomic E-state index is 0.156. The van der Waals surface area contributed by atoms with Crippen LogP contribution in [0.5, 0.6) is 0 Å². The van der Waals surface area contributed by atoms with Crippen molar-refractivity contribution in [3.8, 4) is 0 Å². The van der Waals surface area contributed by atoms with Crippen LogP contribution in [0, 0.1) is 11.6 Å². The molecule has 0 saturated heterocycles. The Morgan fingerprint density at radius 2 is 1.91 bits per heavy atom. The van der Waals surface area contributed by atoms with Gasteiger partial charge in [-0.15, -0.1) is 0 Å². The number of amides is 2. The van der Waals surface area contributed by atoms with Crippen LogP contribution in [0.4, 0.5) is 8.78 Å². The molecule has 0 aliphatic carbocycles. The molecule has 7 heteroatoms. The monoisotopic (exact) mass is 382 g/mol. The highest BCUT2D eigenvalue weighted by Crippen LogP contribution is 2.14. The van der Waals surface area contributed by atoms with Crippen LogP contribution in [0.1, 0.15) is 15.9 Å². The number of primary amides is 1. The number of hydrogen-bond donors (Lipinski definition) is 2. The van der Waals surface area contributed by atoms with Gasteiger partial charge in [-0.05, 0) is 29.8 Å².